The largest absolute Gasteiger partial charge is 0.389 e. The summed E-state index contributed by atoms with van der Waals surface area (Å²) in [6.07, 6.45) is 4.89. The van der Waals surface area contributed by atoms with Crippen molar-refractivity contribution in [2.24, 2.45) is 0 Å². The first-order chi connectivity index (χ1) is 9.17. The van der Waals surface area contributed by atoms with Crippen molar-refractivity contribution in [3.8, 4) is 11.8 Å². The molecule has 0 amide bonds. The van der Waals surface area contributed by atoms with Crippen LogP contribution in [-0.2, 0) is 6.42 Å². The van der Waals surface area contributed by atoms with Crippen LogP contribution in [0.15, 0.2) is 30.6 Å². The van der Waals surface area contributed by atoms with Gasteiger partial charge in [0.15, 0.2) is 0 Å². The molecule has 4 heteroatoms. The topological polar surface area (TPSA) is 61.8 Å². The van der Waals surface area contributed by atoms with Crippen LogP contribution in [0.2, 0.25) is 0 Å². The Hall–Kier alpha value is -2.12. The van der Waals surface area contributed by atoms with Gasteiger partial charge in [-0.3, -0.25) is 0 Å². The van der Waals surface area contributed by atoms with Gasteiger partial charge in [0.1, 0.15) is 5.82 Å². The highest BCUT2D eigenvalue weighted by Gasteiger charge is 2.13. The lowest BCUT2D eigenvalue weighted by atomic mass is 10.0. The first-order valence-corrected chi connectivity index (χ1v) is 6.42. The Kier molecular flexibility index (Phi) is 3.98. The highest BCUT2D eigenvalue weighted by Crippen LogP contribution is 2.24. The van der Waals surface area contributed by atoms with Gasteiger partial charge in [-0.1, -0.05) is 13.0 Å². The van der Waals surface area contributed by atoms with Gasteiger partial charge in [-0.2, -0.15) is 5.26 Å². The zero-order chi connectivity index (χ0) is 13.8. The molecule has 98 valence electrons. The maximum absolute atomic E-state index is 9.87. The highest BCUT2D eigenvalue weighted by atomic mass is 16.3. The molecule has 2 rings (SSSR count). The molecule has 2 aromatic rings. The van der Waals surface area contributed by atoms with Crippen LogP contribution in [0.5, 0.6) is 0 Å². The van der Waals surface area contributed by atoms with Crippen LogP contribution in [-0.4, -0.2) is 14.7 Å². The Labute approximate surface area is 113 Å². The molecular weight excluding hydrogens is 238 g/mol. The average molecular weight is 255 g/mol. The number of hydrogen-bond acceptors (Lipinski definition) is 3. The van der Waals surface area contributed by atoms with E-state index in [1.807, 2.05) is 10.8 Å². The predicted molar refractivity (Wildman–Crippen MR) is 72.9 cm³/mol. The number of nitriles is 1. The van der Waals surface area contributed by atoms with Crippen molar-refractivity contribution in [1.29, 1.82) is 5.26 Å². The van der Waals surface area contributed by atoms with Crippen LogP contribution >= 0.6 is 0 Å². The molecule has 1 unspecified atom stereocenters. The summed E-state index contributed by atoms with van der Waals surface area (Å²) in [5.74, 6) is 0.944. The van der Waals surface area contributed by atoms with Gasteiger partial charge in [0.05, 0.1) is 23.4 Å². The number of aryl methyl sites for hydroxylation is 1. The van der Waals surface area contributed by atoms with E-state index in [4.69, 9.17) is 5.26 Å². The van der Waals surface area contributed by atoms with Crippen LogP contribution in [0.1, 0.15) is 43.3 Å². The second-order valence-electron chi connectivity index (χ2n) is 4.52. The van der Waals surface area contributed by atoms with Gasteiger partial charge in [-0.05, 0) is 25.5 Å². The molecule has 1 aromatic carbocycles. The molecule has 1 aromatic heterocycles. The van der Waals surface area contributed by atoms with E-state index in [1.165, 1.54) is 0 Å². The molecule has 0 aliphatic rings. The number of aromatic nitrogens is 2. The Morgan fingerprint density at radius 2 is 2.26 bits per heavy atom. The van der Waals surface area contributed by atoms with E-state index in [0.29, 0.717) is 5.56 Å². The lowest BCUT2D eigenvalue weighted by Gasteiger charge is -2.15. The minimum Gasteiger partial charge on any atom is -0.389 e. The summed E-state index contributed by atoms with van der Waals surface area (Å²) < 4.78 is 1.95. The number of rotatable bonds is 4. The molecule has 0 bridgehead atoms. The molecule has 0 radical (unpaired) electrons. The molecule has 0 spiro atoms. The summed E-state index contributed by atoms with van der Waals surface area (Å²) in [5.41, 5.74) is 2.21. The molecular formula is C15H17N3O. The summed E-state index contributed by atoms with van der Waals surface area (Å²) in [5, 5.41) is 18.9. The number of nitrogens with zero attached hydrogens (tertiary/aromatic N) is 3. The third-order valence-electron chi connectivity index (χ3n) is 3.06. The molecule has 4 nitrogen and oxygen atoms in total. The van der Waals surface area contributed by atoms with Gasteiger partial charge >= 0.3 is 0 Å². The number of hydrogen-bond donors (Lipinski definition) is 1. The first-order valence-electron chi connectivity index (χ1n) is 6.42. The summed E-state index contributed by atoms with van der Waals surface area (Å²) >= 11 is 0. The van der Waals surface area contributed by atoms with Gasteiger partial charge in [-0.25, -0.2) is 4.98 Å². The average Bonchev–Trinajstić information content (AvgIpc) is 2.86. The van der Waals surface area contributed by atoms with Crippen LogP contribution in [0.3, 0.4) is 0 Å². The quantitative estimate of drug-likeness (QED) is 0.913. The van der Waals surface area contributed by atoms with Crippen molar-refractivity contribution < 1.29 is 5.11 Å². The molecule has 1 heterocycles. The zero-order valence-electron chi connectivity index (χ0n) is 11.2. The van der Waals surface area contributed by atoms with Gasteiger partial charge < -0.3 is 9.67 Å². The van der Waals surface area contributed by atoms with E-state index in [9.17, 15) is 5.11 Å². The Bertz CT molecular complexity index is 608. The molecule has 0 saturated carbocycles. The van der Waals surface area contributed by atoms with Gasteiger partial charge in [-0.15, -0.1) is 0 Å². The molecule has 1 atom stereocenters. The molecule has 0 aliphatic carbocycles. The summed E-state index contributed by atoms with van der Waals surface area (Å²) in [7, 11) is 0. The van der Waals surface area contributed by atoms with Crippen LogP contribution in [0.25, 0.3) is 5.69 Å². The fraction of sp³-hybridized carbons (Fsp3) is 0.333. The third kappa shape index (κ3) is 2.67. The van der Waals surface area contributed by atoms with E-state index in [-0.39, 0.29) is 0 Å². The number of imidazole rings is 1. The van der Waals surface area contributed by atoms with E-state index in [1.54, 1.807) is 31.3 Å². The zero-order valence-corrected chi connectivity index (χ0v) is 11.2. The highest BCUT2D eigenvalue weighted by molar-refractivity contribution is 5.49. The summed E-state index contributed by atoms with van der Waals surface area (Å²) in [4.78, 5) is 4.34. The van der Waals surface area contributed by atoms with Gasteiger partial charge in [0.25, 0.3) is 0 Å². The van der Waals surface area contributed by atoms with Crippen molar-refractivity contribution in [2.45, 2.75) is 32.8 Å². The molecule has 0 aliphatic heterocycles. The van der Waals surface area contributed by atoms with E-state index in [0.717, 1.165) is 29.9 Å². The van der Waals surface area contributed by atoms with E-state index in [2.05, 4.69) is 18.0 Å². The molecule has 1 N–H and O–H groups in total. The Balaban J connectivity index is 2.59. The maximum Gasteiger partial charge on any atom is 0.113 e. The second kappa shape index (κ2) is 5.68. The van der Waals surface area contributed by atoms with Gasteiger partial charge in [0.2, 0.25) is 0 Å². The minimum absolute atomic E-state index is 0.579. The normalized spacial score (nSPS) is 12.1. The fourth-order valence-electron chi connectivity index (χ4n) is 2.14. The Morgan fingerprint density at radius 1 is 1.47 bits per heavy atom. The van der Waals surface area contributed by atoms with Crippen molar-refractivity contribution in [2.75, 3.05) is 0 Å². The van der Waals surface area contributed by atoms with Crippen LogP contribution < -0.4 is 0 Å². The lowest BCUT2D eigenvalue weighted by molar-refractivity contribution is 0.199. The molecule has 0 fully saturated rings. The molecule has 0 saturated heterocycles. The van der Waals surface area contributed by atoms with Crippen LogP contribution in [0, 0.1) is 11.3 Å². The summed E-state index contributed by atoms with van der Waals surface area (Å²) in [6.45, 7) is 3.82. The molecule has 19 heavy (non-hydrogen) atoms. The van der Waals surface area contributed by atoms with Crippen molar-refractivity contribution >= 4 is 0 Å². The van der Waals surface area contributed by atoms with Crippen molar-refractivity contribution in [3.05, 3.63) is 47.5 Å². The maximum atomic E-state index is 9.87. The smallest absolute Gasteiger partial charge is 0.113 e. The predicted octanol–water partition coefficient (Wildman–Crippen LogP) is 2.75. The van der Waals surface area contributed by atoms with Gasteiger partial charge in [0, 0.05) is 24.4 Å². The minimum atomic E-state index is -0.584. The van der Waals surface area contributed by atoms with Crippen molar-refractivity contribution in [3.63, 3.8) is 0 Å². The van der Waals surface area contributed by atoms with E-state index < -0.39 is 6.10 Å². The Morgan fingerprint density at radius 3 is 2.89 bits per heavy atom. The number of benzene rings is 1. The SMILES string of the molecule is CCCc1nccn1-c1cc(C#N)ccc1C(C)O. The standard InChI is InChI=1S/C15H17N3O/c1-3-4-15-17-7-8-18(15)14-9-12(10-16)5-6-13(14)11(2)19/h5-9,11,19H,3-4H2,1-2H3. The van der Waals surface area contributed by atoms with Crippen LogP contribution in [0.4, 0.5) is 0 Å². The van der Waals surface area contributed by atoms with E-state index >= 15 is 0 Å². The number of aliphatic hydroxyl groups excluding tert-OH is 1. The second-order valence-corrected chi connectivity index (χ2v) is 4.52. The third-order valence-corrected chi connectivity index (χ3v) is 3.06. The lowest BCUT2D eigenvalue weighted by Crippen LogP contribution is -2.06. The fourth-order valence-corrected chi connectivity index (χ4v) is 2.14. The monoisotopic (exact) mass is 255 g/mol. The number of aliphatic hydroxyl groups is 1. The van der Waals surface area contributed by atoms with Crippen molar-refractivity contribution in [1.82, 2.24) is 9.55 Å². The first kappa shape index (κ1) is 13.3. The summed E-state index contributed by atoms with van der Waals surface area (Å²) in [6, 6.07) is 7.45.